The number of aryl methyl sites for hydroxylation is 1. The van der Waals surface area contributed by atoms with E-state index in [9.17, 15) is 9.90 Å². The van der Waals surface area contributed by atoms with Gasteiger partial charge in [-0.15, -0.1) is 0 Å². The van der Waals surface area contributed by atoms with Gasteiger partial charge in [0, 0.05) is 18.3 Å². The summed E-state index contributed by atoms with van der Waals surface area (Å²) in [5.41, 5.74) is 0.773. The number of aliphatic carboxylic acids is 1. The van der Waals surface area contributed by atoms with Crippen molar-refractivity contribution in [3.63, 3.8) is 0 Å². The monoisotopic (exact) mass is 279 g/mol. The van der Waals surface area contributed by atoms with Gasteiger partial charge >= 0.3 is 5.97 Å². The highest BCUT2D eigenvalue weighted by Gasteiger charge is 2.38. The predicted octanol–water partition coefficient (Wildman–Crippen LogP) is 1.87. The molecule has 0 bridgehead atoms. The third kappa shape index (κ3) is 3.00. The van der Waals surface area contributed by atoms with Crippen LogP contribution in [0.5, 0.6) is 5.88 Å². The fourth-order valence-corrected chi connectivity index (χ4v) is 2.50. The lowest BCUT2D eigenvalue weighted by Crippen LogP contribution is -2.40. The van der Waals surface area contributed by atoms with E-state index in [0.29, 0.717) is 18.4 Å². The number of anilines is 1. The lowest BCUT2D eigenvalue weighted by molar-refractivity contribution is -0.139. The van der Waals surface area contributed by atoms with Crippen molar-refractivity contribution < 1.29 is 14.6 Å². The maximum absolute atomic E-state index is 11.4. The van der Waals surface area contributed by atoms with E-state index in [1.54, 1.807) is 11.0 Å². The number of aromatic nitrogens is 2. The number of hydrogen-bond acceptors (Lipinski definition) is 5. The molecule has 1 fully saturated rings. The Labute approximate surface area is 118 Å². The summed E-state index contributed by atoms with van der Waals surface area (Å²) in [5.74, 6) is 0.195. The van der Waals surface area contributed by atoms with Crippen LogP contribution >= 0.6 is 0 Å². The second-order valence-corrected chi connectivity index (χ2v) is 5.56. The Bertz CT molecular complexity index is 504. The summed E-state index contributed by atoms with van der Waals surface area (Å²) in [5, 5.41) is 9.37. The number of nitrogens with zero attached hydrogens (tertiary/aromatic N) is 3. The Hall–Kier alpha value is -1.85. The predicted molar refractivity (Wildman–Crippen MR) is 75.1 cm³/mol. The van der Waals surface area contributed by atoms with Gasteiger partial charge in [-0.05, 0) is 33.1 Å². The summed E-state index contributed by atoms with van der Waals surface area (Å²) in [6, 6.07) is 1.20. The molecule has 6 nitrogen and oxygen atoms in total. The van der Waals surface area contributed by atoms with E-state index in [-0.39, 0.29) is 12.0 Å². The van der Waals surface area contributed by atoms with Crippen molar-refractivity contribution in [3.05, 3.63) is 11.8 Å². The van der Waals surface area contributed by atoms with Gasteiger partial charge in [0.05, 0.1) is 6.10 Å². The Morgan fingerprint density at radius 1 is 1.50 bits per heavy atom. The Balaban J connectivity index is 2.32. The highest BCUT2D eigenvalue weighted by Crippen LogP contribution is 2.29. The minimum Gasteiger partial charge on any atom is -0.480 e. The van der Waals surface area contributed by atoms with Crippen LogP contribution in [0.1, 0.15) is 32.9 Å². The van der Waals surface area contributed by atoms with E-state index in [4.69, 9.17) is 4.74 Å². The second kappa shape index (κ2) is 5.64. The number of carboxylic acids is 1. The van der Waals surface area contributed by atoms with E-state index in [0.717, 1.165) is 12.1 Å². The molecule has 6 heteroatoms. The molecule has 1 aliphatic rings. The summed E-state index contributed by atoms with van der Waals surface area (Å²) in [6.45, 7) is 8.31. The molecule has 1 N–H and O–H groups in total. The lowest BCUT2D eigenvalue weighted by Gasteiger charge is -2.24. The molecule has 20 heavy (non-hydrogen) atoms. The number of carboxylic acid groups (broad SMARTS) is 1. The zero-order valence-electron chi connectivity index (χ0n) is 12.3. The molecule has 110 valence electrons. The maximum Gasteiger partial charge on any atom is 0.326 e. The van der Waals surface area contributed by atoms with Crippen molar-refractivity contribution in [1.82, 2.24) is 9.97 Å². The fourth-order valence-electron chi connectivity index (χ4n) is 2.50. The van der Waals surface area contributed by atoms with Crippen molar-refractivity contribution in [2.45, 2.75) is 46.3 Å². The summed E-state index contributed by atoms with van der Waals surface area (Å²) < 4.78 is 5.59. The molecule has 1 aromatic rings. The van der Waals surface area contributed by atoms with Gasteiger partial charge in [0.1, 0.15) is 6.04 Å². The molecule has 0 amide bonds. The molecule has 2 heterocycles. The van der Waals surface area contributed by atoms with E-state index in [1.807, 2.05) is 27.7 Å². The first-order chi connectivity index (χ1) is 9.38. The standard InChI is InChI=1S/C14H21N3O3/c1-8(2)20-11-7-10(4)15-14(16-11)17-6-5-9(3)12(17)13(18)19/h7-9,12H,5-6H2,1-4H3,(H,18,19). The summed E-state index contributed by atoms with van der Waals surface area (Å²) in [6.07, 6.45) is 0.846. The fraction of sp³-hybridized carbons (Fsp3) is 0.643. The van der Waals surface area contributed by atoms with E-state index < -0.39 is 12.0 Å². The van der Waals surface area contributed by atoms with Crippen molar-refractivity contribution in [1.29, 1.82) is 0 Å². The third-order valence-electron chi connectivity index (χ3n) is 3.39. The maximum atomic E-state index is 11.4. The molecule has 0 aromatic carbocycles. The largest absolute Gasteiger partial charge is 0.480 e. The number of ether oxygens (including phenoxy) is 1. The van der Waals surface area contributed by atoms with Crippen LogP contribution in [0, 0.1) is 12.8 Å². The van der Waals surface area contributed by atoms with Crippen LogP contribution < -0.4 is 9.64 Å². The van der Waals surface area contributed by atoms with Crippen LogP contribution in [0.25, 0.3) is 0 Å². The van der Waals surface area contributed by atoms with Crippen molar-refractivity contribution >= 4 is 11.9 Å². The zero-order chi connectivity index (χ0) is 14.9. The highest BCUT2D eigenvalue weighted by molar-refractivity contribution is 5.78. The molecule has 2 atom stereocenters. The van der Waals surface area contributed by atoms with E-state index >= 15 is 0 Å². The molecule has 0 radical (unpaired) electrons. The summed E-state index contributed by atoms with van der Waals surface area (Å²) >= 11 is 0. The summed E-state index contributed by atoms with van der Waals surface area (Å²) in [7, 11) is 0. The van der Waals surface area contributed by atoms with Gasteiger partial charge in [-0.2, -0.15) is 4.98 Å². The molecule has 0 spiro atoms. The number of rotatable bonds is 4. The van der Waals surface area contributed by atoms with Crippen LogP contribution in [0.2, 0.25) is 0 Å². The van der Waals surface area contributed by atoms with E-state index in [1.165, 1.54) is 0 Å². The molecule has 2 unspecified atom stereocenters. The Morgan fingerprint density at radius 3 is 2.80 bits per heavy atom. The molecule has 0 aliphatic carbocycles. The molecule has 1 aromatic heterocycles. The van der Waals surface area contributed by atoms with Crippen LogP contribution in [0.3, 0.4) is 0 Å². The molecule has 1 saturated heterocycles. The van der Waals surface area contributed by atoms with Crippen molar-refractivity contribution in [2.24, 2.45) is 5.92 Å². The highest BCUT2D eigenvalue weighted by atomic mass is 16.5. The first-order valence-corrected chi connectivity index (χ1v) is 6.90. The van der Waals surface area contributed by atoms with Crippen molar-refractivity contribution in [3.8, 4) is 5.88 Å². The van der Waals surface area contributed by atoms with Gasteiger partial charge in [0.2, 0.25) is 11.8 Å². The van der Waals surface area contributed by atoms with Crippen LogP contribution in [0.15, 0.2) is 6.07 Å². The van der Waals surface area contributed by atoms with Crippen LogP contribution in [0.4, 0.5) is 5.95 Å². The molecular weight excluding hydrogens is 258 g/mol. The van der Waals surface area contributed by atoms with Gasteiger partial charge < -0.3 is 14.7 Å². The second-order valence-electron chi connectivity index (χ2n) is 5.56. The van der Waals surface area contributed by atoms with E-state index in [2.05, 4.69) is 9.97 Å². The first kappa shape index (κ1) is 14.6. The van der Waals surface area contributed by atoms with Gasteiger partial charge in [-0.25, -0.2) is 9.78 Å². The average molecular weight is 279 g/mol. The molecular formula is C14H21N3O3. The van der Waals surface area contributed by atoms with Gasteiger partial charge in [0.15, 0.2) is 0 Å². The van der Waals surface area contributed by atoms with Crippen LogP contribution in [-0.2, 0) is 4.79 Å². The average Bonchev–Trinajstić information content (AvgIpc) is 2.69. The summed E-state index contributed by atoms with van der Waals surface area (Å²) in [4.78, 5) is 21.9. The third-order valence-corrected chi connectivity index (χ3v) is 3.39. The Kier molecular flexibility index (Phi) is 4.11. The van der Waals surface area contributed by atoms with Gasteiger partial charge in [0.25, 0.3) is 0 Å². The molecule has 1 aliphatic heterocycles. The normalized spacial score (nSPS) is 22.4. The minimum absolute atomic E-state index is 0.0184. The number of hydrogen-bond donors (Lipinski definition) is 1. The van der Waals surface area contributed by atoms with Gasteiger partial charge in [-0.1, -0.05) is 6.92 Å². The van der Waals surface area contributed by atoms with Crippen molar-refractivity contribution in [2.75, 3.05) is 11.4 Å². The zero-order valence-corrected chi connectivity index (χ0v) is 12.3. The quantitative estimate of drug-likeness (QED) is 0.906. The topological polar surface area (TPSA) is 75.5 Å². The molecule has 2 rings (SSSR count). The minimum atomic E-state index is -0.827. The SMILES string of the molecule is Cc1cc(OC(C)C)nc(N2CCC(C)C2C(=O)O)n1. The van der Waals surface area contributed by atoms with Gasteiger partial charge in [-0.3, -0.25) is 0 Å². The molecule has 0 saturated carbocycles. The smallest absolute Gasteiger partial charge is 0.326 e. The Morgan fingerprint density at radius 2 is 2.20 bits per heavy atom. The lowest BCUT2D eigenvalue weighted by atomic mass is 10.0. The number of carbonyl (C=O) groups is 1. The van der Waals surface area contributed by atoms with Crippen LogP contribution in [-0.4, -0.2) is 39.7 Å². The first-order valence-electron chi connectivity index (χ1n) is 6.90.